The van der Waals surface area contributed by atoms with Crippen molar-refractivity contribution < 1.29 is 0 Å². The standard InChI is InChI=1S/C50H72S4.5CH3.2Sn/c1-5-9-13-17-19-23-27-39(25-21-15-11-7-3)37-41-29-31-45(53-41)47-43-33-35-52-50(43)48(44-34-36-51-49(44)47)46-32-30-42(54-46)38-40(26-22-16-12-8-4)28-24-20-18-14-10-6-2;;;;;;;/h29-34,39-40H,5-28,37-38H2,1-4H3;5*1H3;;. The average molecular weight is 1110 g/mol. The summed E-state index contributed by atoms with van der Waals surface area (Å²) in [6, 6.07) is 15.6. The summed E-state index contributed by atoms with van der Waals surface area (Å²) in [6.45, 7) is 9.38. The molecule has 4 aromatic heterocycles. The fraction of sp³-hybridized carbons (Fsp3) is 0.673. The van der Waals surface area contributed by atoms with Crippen LogP contribution < -0.4 is 5.79 Å². The van der Waals surface area contributed by atoms with Crippen LogP contribution in [-0.2, 0) is 12.8 Å². The zero-order valence-corrected chi connectivity index (χ0v) is 49.6. The van der Waals surface area contributed by atoms with Crippen LogP contribution in [-0.4, -0.2) is 38.1 Å². The van der Waals surface area contributed by atoms with Gasteiger partial charge in [-0.05, 0) is 0 Å². The maximum absolute atomic E-state index is 2.72. The van der Waals surface area contributed by atoms with Crippen LogP contribution >= 0.6 is 45.3 Å². The van der Waals surface area contributed by atoms with Crippen LogP contribution in [0, 0.1) is 11.8 Å². The predicted molar refractivity (Wildman–Crippen MR) is 292 cm³/mol. The topological polar surface area (TPSA) is 0 Å². The summed E-state index contributed by atoms with van der Waals surface area (Å²) in [5.41, 5.74) is 3.17. The molecule has 5 aromatic rings. The van der Waals surface area contributed by atoms with Gasteiger partial charge < -0.3 is 0 Å². The van der Waals surface area contributed by atoms with Crippen molar-refractivity contribution in [1.82, 2.24) is 0 Å². The molecular weight excluding hydrogens is 1030 g/mol. The molecule has 4 heterocycles. The van der Waals surface area contributed by atoms with E-state index in [-0.39, 0.29) is 0 Å². The summed E-state index contributed by atoms with van der Waals surface area (Å²) >= 11 is 4.71. The van der Waals surface area contributed by atoms with Gasteiger partial charge in [0.15, 0.2) is 0 Å². The maximum atomic E-state index is 2.72. The van der Waals surface area contributed by atoms with Crippen molar-refractivity contribution in [2.45, 2.75) is 219 Å². The Balaban J connectivity index is 1.49. The van der Waals surface area contributed by atoms with Crippen molar-refractivity contribution in [3.63, 3.8) is 0 Å². The van der Waals surface area contributed by atoms with Crippen molar-refractivity contribution in [2.24, 2.45) is 11.8 Å². The van der Waals surface area contributed by atoms with E-state index in [2.05, 4.69) is 134 Å². The molecule has 5 rings (SSSR count). The van der Waals surface area contributed by atoms with Crippen molar-refractivity contribution in [1.29, 1.82) is 0 Å². The molecule has 0 aliphatic carbocycles. The molecule has 0 aliphatic heterocycles. The predicted octanol–water partition coefficient (Wildman–Crippen LogP) is 19.8. The van der Waals surface area contributed by atoms with Gasteiger partial charge in [-0.3, -0.25) is 0 Å². The fourth-order valence-corrected chi connectivity index (χ4v) is 23.5. The zero-order valence-electron chi connectivity index (χ0n) is 40.6. The normalized spacial score (nSPS) is 13.4. The molecule has 0 nitrogen and oxygen atoms in total. The van der Waals surface area contributed by atoms with Crippen molar-refractivity contribution in [2.75, 3.05) is 0 Å². The van der Waals surface area contributed by atoms with Crippen LogP contribution in [0.5, 0.6) is 0 Å². The van der Waals surface area contributed by atoms with Gasteiger partial charge in [0.1, 0.15) is 0 Å². The second-order valence-electron chi connectivity index (χ2n) is 20.2. The molecule has 0 fully saturated rings. The fourth-order valence-electron chi connectivity index (χ4n) is 9.53. The van der Waals surface area contributed by atoms with E-state index in [1.165, 1.54) is 177 Å². The van der Waals surface area contributed by atoms with Gasteiger partial charge in [-0.1, -0.05) is 105 Å². The molecule has 1 radical (unpaired) electrons. The van der Waals surface area contributed by atoms with Gasteiger partial charge in [-0.15, -0.1) is 0 Å². The number of thiophene rings is 4. The first-order chi connectivity index (χ1) is 29.6. The van der Waals surface area contributed by atoms with Gasteiger partial charge >= 0.3 is 303 Å². The Kier molecular flexibility index (Phi) is 23.7. The molecule has 0 aliphatic rings. The molecule has 2 unspecified atom stereocenters. The monoisotopic (exact) mass is 1120 g/mol. The number of rotatable bonds is 32. The second-order valence-corrected chi connectivity index (χ2v) is 48.3. The van der Waals surface area contributed by atoms with Crippen molar-refractivity contribution in [3.8, 4) is 20.9 Å². The second kappa shape index (κ2) is 27.7. The number of unbranched alkanes of at least 4 members (excludes halogenated alkanes) is 16. The zero-order chi connectivity index (χ0) is 43.6. The first-order valence-corrected chi connectivity index (χ1v) is 46.0. The third-order valence-electron chi connectivity index (χ3n) is 13.3. The Hall–Kier alpha value is 0.137. The molecule has 0 N–H and O–H groups in total. The number of benzene rings is 1. The summed E-state index contributed by atoms with van der Waals surface area (Å²) in [5, 5.41) is 3.15. The average Bonchev–Trinajstić information content (AvgIpc) is 4.07. The van der Waals surface area contributed by atoms with Gasteiger partial charge in [0.25, 0.3) is 0 Å². The van der Waals surface area contributed by atoms with Crippen molar-refractivity contribution >= 4 is 109 Å². The molecule has 0 saturated heterocycles. The number of hydrogen-bond donors (Lipinski definition) is 0. The molecule has 0 bridgehead atoms. The molecular formula is C55H87S4Sn2. The van der Waals surface area contributed by atoms with Gasteiger partial charge in [-0.2, -0.15) is 0 Å². The molecule has 0 amide bonds. The van der Waals surface area contributed by atoms with E-state index >= 15 is 0 Å². The van der Waals surface area contributed by atoms with Crippen molar-refractivity contribution in [3.05, 3.63) is 46.2 Å². The molecule has 6 heteroatoms. The first kappa shape index (κ1) is 52.1. The number of hydrogen-bond acceptors (Lipinski definition) is 4. The minimum atomic E-state index is -2.37. The van der Waals surface area contributed by atoms with E-state index in [1.807, 2.05) is 0 Å². The minimum absolute atomic E-state index is 0.831. The molecule has 61 heavy (non-hydrogen) atoms. The van der Waals surface area contributed by atoms with E-state index in [0.29, 0.717) is 0 Å². The van der Waals surface area contributed by atoms with Crippen LogP contribution in [0.4, 0.5) is 0 Å². The van der Waals surface area contributed by atoms with Gasteiger partial charge in [0, 0.05) is 0 Å². The van der Waals surface area contributed by atoms with Crippen LogP contribution in [0.3, 0.4) is 0 Å². The molecule has 2 atom stereocenters. The Labute approximate surface area is 403 Å². The van der Waals surface area contributed by atoms with Crippen LogP contribution in [0.2, 0.25) is 24.7 Å². The summed E-state index contributed by atoms with van der Waals surface area (Å²) in [4.78, 5) is 19.4. The Morgan fingerprint density at radius 3 is 1.25 bits per heavy atom. The Bertz CT molecular complexity index is 1840. The number of fused-ring (bicyclic) bond motifs is 2. The summed E-state index contributed by atoms with van der Waals surface area (Å²) < 4.78 is 6.65. The van der Waals surface area contributed by atoms with Crippen LogP contribution in [0.1, 0.15) is 192 Å². The summed E-state index contributed by atoms with van der Waals surface area (Å²) in [6.07, 6.45) is 36.2. The first-order valence-electron chi connectivity index (χ1n) is 25.6. The van der Waals surface area contributed by atoms with Gasteiger partial charge in [0.2, 0.25) is 0 Å². The third-order valence-corrected chi connectivity index (χ3v) is 34.0. The van der Waals surface area contributed by atoms with E-state index in [4.69, 9.17) is 0 Å². The molecule has 0 saturated carbocycles. The summed E-state index contributed by atoms with van der Waals surface area (Å²) in [5.74, 6) is 1.66. The van der Waals surface area contributed by atoms with E-state index in [1.54, 1.807) is 46.8 Å². The summed E-state index contributed by atoms with van der Waals surface area (Å²) in [7, 11) is 0. The van der Waals surface area contributed by atoms with E-state index in [9.17, 15) is 0 Å². The van der Waals surface area contributed by atoms with Crippen LogP contribution in [0.25, 0.3) is 41.1 Å². The van der Waals surface area contributed by atoms with Gasteiger partial charge in [0.05, 0.1) is 0 Å². The third kappa shape index (κ3) is 16.2. The Morgan fingerprint density at radius 2 is 0.836 bits per heavy atom. The van der Waals surface area contributed by atoms with Gasteiger partial charge in [-0.25, -0.2) is 0 Å². The Morgan fingerprint density at radius 1 is 0.459 bits per heavy atom. The molecule has 0 spiro atoms. The molecule has 1 aromatic carbocycles. The van der Waals surface area contributed by atoms with Crippen LogP contribution in [0.15, 0.2) is 36.4 Å². The van der Waals surface area contributed by atoms with E-state index < -0.39 is 38.1 Å². The van der Waals surface area contributed by atoms with E-state index in [0.717, 1.165) is 11.8 Å². The molecule has 339 valence electrons. The quantitative estimate of drug-likeness (QED) is 0.0297. The SMILES string of the molecule is CCCCCCCCC(CCCCCC)Cc1ccc(-c2c3c[c]([Sn]([CH3])([CH3])[CH3])sc3c(-c3ccc(CC(CCCCCC)CCCCCCCC)s3)c3c[c]([Sn]([CH3])[CH3])sc23)s1.